The molecular formula is C48H62FN7O7. The largest absolute Gasteiger partial charge is 0.508 e. The van der Waals surface area contributed by atoms with E-state index in [1.54, 1.807) is 39.3 Å². The van der Waals surface area contributed by atoms with Gasteiger partial charge < -0.3 is 34.7 Å². The number of ether oxygens (including phenoxy) is 2. The van der Waals surface area contributed by atoms with Crippen LogP contribution in [0.4, 0.5) is 4.39 Å². The van der Waals surface area contributed by atoms with Crippen molar-refractivity contribution >= 4 is 34.6 Å². The first-order valence-electron chi connectivity index (χ1n) is 22.1. The number of phenolic OH excluding ortho intramolecular Hbond substituents is 1. The van der Waals surface area contributed by atoms with Crippen LogP contribution in [0.2, 0.25) is 0 Å². The second-order valence-corrected chi connectivity index (χ2v) is 18.5. The number of esters is 1. The van der Waals surface area contributed by atoms with Crippen molar-refractivity contribution < 1.29 is 38.1 Å². The van der Waals surface area contributed by atoms with Gasteiger partial charge in [-0.25, -0.2) is 9.82 Å². The highest BCUT2D eigenvalue weighted by Crippen LogP contribution is 2.42. The molecule has 15 heteroatoms. The minimum absolute atomic E-state index is 0.00970. The van der Waals surface area contributed by atoms with E-state index in [-0.39, 0.29) is 44.4 Å². The Kier molecular flexibility index (Phi) is 13.3. The summed E-state index contributed by atoms with van der Waals surface area (Å²) in [6, 6.07) is 12.2. The van der Waals surface area contributed by atoms with Crippen LogP contribution in [0.15, 0.2) is 54.7 Å². The molecule has 63 heavy (non-hydrogen) atoms. The predicted molar refractivity (Wildman–Crippen MR) is 238 cm³/mol. The highest BCUT2D eigenvalue weighted by Gasteiger charge is 2.47. The molecule has 0 radical (unpaired) electrons. The number of hydrogen-bond acceptors (Lipinski definition) is 10. The first kappa shape index (κ1) is 45.6. The molecule has 2 aromatic carbocycles. The molecule has 14 nitrogen and oxygen atoms in total. The lowest BCUT2D eigenvalue weighted by Gasteiger charge is -2.37. The summed E-state index contributed by atoms with van der Waals surface area (Å²) in [6.07, 6.45) is 2.88. The number of fused-ring (bicyclic) bond motifs is 6. The number of cyclic esters (lactones) is 1. The lowest BCUT2D eigenvalue weighted by molar-refractivity contribution is -0.155. The molecule has 0 saturated carbocycles. The van der Waals surface area contributed by atoms with Crippen LogP contribution in [0, 0.1) is 11.3 Å². The van der Waals surface area contributed by atoms with E-state index in [2.05, 4.69) is 59.6 Å². The number of rotatable bonds is 9. The topological polar surface area (TPSA) is 167 Å². The molecule has 5 atom stereocenters. The van der Waals surface area contributed by atoms with E-state index in [0.29, 0.717) is 43.5 Å². The van der Waals surface area contributed by atoms with Gasteiger partial charge in [-0.3, -0.25) is 29.2 Å². The first-order chi connectivity index (χ1) is 29.9. The molecule has 3 aliphatic heterocycles. The van der Waals surface area contributed by atoms with Crippen molar-refractivity contribution in [1.29, 1.82) is 0 Å². The SMILES string of the molecule is CCn1c(-c2cccnc2[C@H](C)OC)c2c3cc(ccc31)-c1cc(O)cc(c1)C[C@H](NC(=O)C(C(C)C)N(C)C(=O)[C@@]1(F)CCNC1)C(=O)N1CCC[C@H](N1)C(=O)OCC(C)(C)C2. The average Bonchev–Trinajstić information content (AvgIpc) is 3.84. The van der Waals surface area contributed by atoms with E-state index in [1.165, 1.54) is 12.1 Å². The van der Waals surface area contributed by atoms with Gasteiger partial charge in [0.1, 0.15) is 23.9 Å². The Morgan fingerprint density at radius 3 is 2.60 bits per heavy atom. The Balaban J connectivity index is 1.35. The molecule has 6 bridgehead atoms. The van der Waals surface area contributed by atoms with Gasteiger partial charge in [0.05, 0.1) is 24.1 Å². The van der Waals surface area contributed by atoms with E-state index < -0.39 is 58.8 Å². The molecule has 0 aliphatic carbocycles. The van der Waals surface area contributed by atoms with E-state index in [0.717, 1.165) is 43.9 Å². The summed E-state index contributed by atoms with van der Waals surface area (Å²) < 4.78 is 29.9. The number of phenols is 1. The number of nitrogens with one attached hydrogen (secondary N) is 3. The summed E-state index contributed by atoms with van der Waals surface area (Å²) in [7, 11) is 3.08. The number of alkyl halides is 1. The molecule has 5 heterocycles. The lowest BCUT2D eigenvalue weighted by atomic mass is 9.84. The molecule has 4 N–H and O–H groups in total. The number of amides is 3. The van der Waals surface area contributed by atoms with Crippen LogP contribution >= 0.6 is 0 Å². The molecule has 2 aromatic heterocycles. The van der Waals surface area contributed by atoms with Gasteiger partial charge >= 0.3 is 5.97 Å². The van der Waals surface area contributed by atoms with Crippen LogP contribution in [-0.2, 0) is 48.0 Å². The molecule has 0 spiro atoms. The summed E-state index contributed by atoms with van der Waals surface area (Å²) in [5.41, 5.74) is 7.25. The van der Waals surface area contributed by atoms with Crippen molar-refractivity contribution in [3.8, 4) is 28.1 Å². The summed E-state index contributed by atoms with van der Waals surface area (Å²) >= 11 is 0. The number of aromatic hydroxyl groups is 1. The minimum atomic E-state index is -2.15. The maximum absolute atomic E-state index is 15.7. The standard InChI is InChI=1S/C48H62FN7O7/c1-9-55-39-15-14-31-24-35(39)36(42(55)34-12-10-17-51-40(34)29(4)62-8)25-47(5,6)27-63-45(60)37-13-11-19-56(53-37)44(59)38(22-30-20-32(31)23-33(57)21-30)52-43(58)41(28(2)3)54(7)46(61)48(49)16-18-50-26-48/h10,12,14-15,17,20-21,23-24,28-29,37-38,41,50,53,57H,9,11,13,16,18-19,22,25-27H2,1-8H3,(H,52,58)/t29-,37-,38-,41?,48+/m0/s1. The molecule has 2 saturated heterocycles. The summed E-state index contributed by atoms with van der Waals surface area (Å²) in [6.45, 7) is 12.9. The first-order valence-corrected chi connectivity index (χ1v) is 22.1. The number of carbonyl (C=O) groups is 4. The van der Waals surface area contributed by atoms with Gasteiger partial charge in [-0.1, -0.05) is 39.8 Å². The number of nitrogens with zero attached hydrogens (tertiary/aromatic N) is 4. The summed E-state index contributed by atoms with van der Waals surface area (Å²) in [5.74, 6) is -2.90. The Hall–Kier alpha value is -5.38. The predicted octanol–water partition coefficient (Wildman–Crippen LogP) is 5.64. The number of halogens is 1. The van der Waals surface area contributed by atoms with Gasteiger partial charge in [0.15, 0.2) is 0 Å². The van der Waals surface area contributed by atoms with Crippen molar-refractivity contribution in [3.05, 3.63) is 71.5 Å². The second kappa shape index (κ2) is 18.4. The zero-order chi connectivity index (χ0) is 45.4. The number of methoxy groups -OCH3 is 1. The third-order valence-corrected chi connectivity index (χ3v) is 12.8. The van der Waals surface area contributed by atoms with Crippen LogP contribution in [0.25, 0.3) is 33.3 Å². The van der Waals surface area contributed by atoms with Crippen LogP contribution in [0.1, 0.15) is 83.7 Å². The third kappa shape index (κ3) is 9.32. The summed E-state index contributed by atoms with van der Waals surface area (Å²) in [5, 5.41) is 19.4. The van der Waals surface area contributed by atoms with Crippen molar-refractivity contribution in [1.82, 2.24) is 35.5 Å². The quantitative estimate of drug-likeness (QED) is 0.155. The van der Waals surface area contributed by atoms with Gasteiger partial charge in [-0.2, -0.15) is 0 Å². The van der Waals surface area contributed by atoms with E-state index in [1.807, 2.05) is 25.1 Å². The number of aryl methyl sites for hydroxylation is 1. The Labute approximate surface area is 368 Å². The van der Waals surface area contributed by atoms with Crippen molar-refractivity contribution in [2.75, 3.05) is 40.4 Å². The minimum Gasteiger partial charge on any atom is -0.508 e. The number of pyridine rings is 1. The highest BCUT2D eigenvalue weighted by atomic mass is 19.1. The van der Waals surface area contributed by atoms with Crippen LogP contribution in [-0.4, -0.2) is 112 Å². The number of hydrogen-bond donors (Lipinski definition) is 4. The summed E-state index contributed by atoms with van der Waals surface area (Å²) in [4.78, 5) is 62.3. The molecule has 1 unspecified atom stereocenters. The van der Waals surface area contributed by atoms with Crippen LogP contribution in [0.5, 0.6) is 5.75 Å². The fourth-order valence-electron chi connectivity index (χ4n) is 9.54. The van der Waals surface area contributed by atoms with Gasteiger partial charge in [0, 0.05) is 74.7 Å². The number of hydrazine groups is 1. The molecule has 3 aliphatic rings. The van der Waals surface area contributed by atoms with E-state index in [4.69, 9.17) is 14.5 Å². The van der Waals surface area contributed by atoms with Crippen LogP contribution < -0.4 is 16.1 Å². The van der Waals surface area contributed by atoms with Gasteiger partial charge in [-0.15, -0.1) is 0 Å². The van der Waals surface area contributed by atoms with Crippen LogP contribution in [0.3, 0.4) is 0 Å². The number of benzene rings is 2. The van der Waals surface area contributed by atoms with Gasteiger partial charge in [-0.05, 0) is 104 Å². The zero-order valence-electron chi connectivity index (χ0n) is 37.7. The second-order valence-electron chi connectivity index (χ2n) is 18.5. The third-order valence-electron chi connectivity index (χ3n) is 12.8. The Bertz CT molecular complexity index is 2370. The molecule has 2 fully saturated rings. The van der Waals surface area contributed by atoms with Gasteiger partial charge in [0.25, 0.3) is 11.8 Å². The monoisotopic (exact) mass is 867 g/mol. The van der Waals surface area contributed by atoms with Crippen molar-refractivity contribution in [2.24, 2.45) is 11.3 Å². The van der Waals surface area contributed by atoms with E-state index >= 15 is 4.39 Å². The normalized spacial score (nSPS) is 22.7. The average molecular weight is 868 g/mol. The zero-order valence-corrected chi connectivity index (χ0v) is 37.7. The number of carbonyl (C=O) groups excluding carboxylic acids is 4. The fraction of sp³-hybridized carbons (Fsp3) is 0.521. The van der Waals surface area contributed by atoms with Gasteiger partial charge in [0.2, 0.25) is 11.6 Å². The lowest BCUT2D eigenvalue weighted by Crippen LogP contribution is -2.62. The molecular weight excluding hydrogens is 806 g/mol. The molecule has 338 valence electrons. The molecule has 3 amide bonds. The molecule has 4 aromatic rings. The fourth-order valence-corrected chi connectivity index (χ4v) is 9.54. The Morgan fingerprint density at radius 2 is 1.90 bits per heavy atom. The highest BCUT2D eigenvalue weighted by molar-refractivity contribution is 5.96. The smallest absolute Gasteiger partial charge is 0.324 e. The van der Waals surface area contributed by atoms with E-state index in [9.17, 15) is 24.3 Å². The maximum Gasteiger partial charge on any atom is 0.324 e. The molecule has 7 rings (SSSR count). The maximum atomic E-state index is 15.7. The number of aromatic nitrogens is 2. The Morgan fingerprint density at radius 1 is 1.13 bits per heavy atom. The van der Waals surface area contributed by atoms with Crippen molar-refractivity contribution in [3.63, 3.8) is 0 Å². The number of likely N-dealkylation sites (N-methyl/N-ethyl adjacent to an activating group) is 1. The van der Waals surface area contributed by atoms with Crippen molar-refractivity contribution in [2.45, 2.75) is 110 Å².